The first-order valence-corrected chi connectivity index (χ1v) is 7.24. The van der Waals surface area contributed by atoms with E-state index >= 15 is 0 Å². The molecule has 6 heteroatoms. The molecule has 0 aliphatic carbocycles. The van der Waals surface area contributed by atoms with Gasteiger partial charge >= 0.3 is 0 Å². The lowest BCUT2D eigenvalue weighted by atomic mass is 10.1. The van der Waals surface area contributed by atoms with Gasteiger partial charge in [0.2, 0.25) is 5.91 Å². The minimum absolute atomic E-state index is 0.000544. The van der Waals surface area contributed by atoms with Gasteiger partial charge in [-0.05, 0) is 12.0 Å². The van der Waals surface area contributed by atoms with Crippen LogP contribution in [0.25, 0.3) is 0 Å². The number of benzene rings is 1. The first kappa shape index (κ1) is 16.2. The van der Waals surface area contributed by atoms with E-state index in [1.165, 1.54) is 0 Å². The van der Waals surface area contributed by atoms with Crippen LogP contribution < -0.4 is 5.32 Å². The Morgan fingerprint density at radius 1 is 1.36 bits per heavy atom. The number of nitrogens with one attached hydrogen (secondary N) is 1. The van der Waals surface area contributed by atoms with Crippen molar-refractivity contribution >= 4 is 11.7 Å². The van der Waals surface area contributed by atoms with Crippen molar-refractivity contribution in [3.63, 3.8) is 0 Å². The first-order valence-electron chi connectivity index (χ1n) is 7.24. The van der Waals surface area contributed by atoms with Gasteiger partial charge in [0.25, 0.3) is 0 Å². The number of hydrogen-bond donors (Lipinski definition) is 2. The summed E-state index contributed by atoms with van der Waals surface area (Å²) in [6.45, 7) is 1.40. The monoisotopic (exact) mass is 303 g/mol. The maximum Gasteiger partial charge on any atom is 0.228 e. The number of carbonyl (C=O) groups is 1. The molecule has 1 atom stereocenters. The number of nitrogens with zero attached hydrogens (tertiary/aromatic N) is 2. The summed E-state index contributed by atoms with van der Waals surface area (Å²) < 4.78 is 6.73. The molecular formula is C16H21N3O3. The van der Waals surface area contributed by atoms with Crippen molar-refractivity contribution in [2.75, 3.05) is 19.0 Å². The van der Waals surface area contributed by atoms with Crippen LogP contribution in [-0.4, -0.2) is 34.5 Å². The third-order valence-corrected chi connectivity index (χ3v) is 3.21. The Kier molecular flexibility index (Phi) is 6.12. The fourth-order valence-corrected chi connectivity index (χ4v) is 2.09. The Bertz CT molecular complexity index is 583. The zero-order chi connectivity index (χ0) is 15.8. The van der Waals surface area contributed by atoms with Crippen LogP contribution in [0.15, 0.2) is 42.6 Å². The summed E-state index contributed by atoms with van der Waals surface area (Å²) in [7, 11) is 1.66. The predicted molar refractivity (Wildman–Crippen MR) is 83.4 cm³/mol. The summed E-state index contributed by atoms with van der Waals surface area (Å²) in [4.78, 5) is 11.9. The number of ether oxygens (including phenoxy) is 1. The topological polar surface area (TPSA) is 76.4 Å². The Morgan fingerprint density at radius 2 is 2.14 bits per heavy atom. The molecule has 1 aromatic carbocycles. The minimum Gasteiger partial charge on any atom is -0.388 e. The molecule has 1 heterocycles. The zero-order valence-corrected chi connectivity index (χ0v) is 12.6. The maximum atomic E-state index is 11.9. The van der Waals surface area contributed by atoms with Crippen molar-refractivity contribution in [2.24, 2.45) is 0 Å². The van der Waals surface area contributed by atoms with Crippen LogP contribution in [0.3, 0.4) is 0 Å². The second kappa shape index (κ2) is 8.31. The minimum atomic E-state index is -0.815. The van der Waals surface area contributed by atoms with Gasteiger partial charge in [-0.3, -0.25) is 9.48 Å². The molecule has 2 aromatic rings. The Labute approximate surface area is 129 Å². The van der Waals surface area contributed by atoms with E-state index < -0.39 is 6.10 Å². The molecule has 0 radical (unpaired) electrons. The number of hydrogen-bond acceptors (Lipinski definition) is 4. The Morgan fingerprint density at radius 3 is 2.86 bits per heavy atom. The molecule has 22 heavy (non-hydrogen) atoms. The fourth-order valence-electron chi connectivity index (χ4n) is 2.09. The van der Waals surface area contributed by atoms with Crippen LogP contribution in [0.4, 0.5) is 5.82 Å². The lowest BCUT2D eigenvalue weighted by molar-refractivity contribution is -0.118. The molecule has 0 aliphatic rings. The summed E-state index contributed by atoms with van der Waals surface area (Å²) in [6.07, 6.45) is 1.85. The number of carbonyl (C=O) groups excluding carboxylic acids is 1. The van der Waals surface area contributed by atoms with E-state index in [4.69, 9.17) is 4.74 Å². The van der Waals surface area contributed by atoms with Crippen LogP contribution in [-0.2, 0) is 16.1 Å². The van der Waals surface area contributed by atoms with Gasteiger partial charge in [0.1, 0.15) is 0 Å². The van der Waals surface area contributed by atoms with Gasteiger partial charge in [-0.25, -0.2) is 0 Å². The average molecular weight is 303 g/mol. The third-order valence-electron chi connectivity index (χ3n) is 3.21. The second-order valence-corrected chi connectivity index (χ2v) is 4.99. The smallest absolute Gasteiger partial charge is 0.228 e. The Hall–Kier alpha value is -2.18. The largest absolute Gasteiger partial charge is 0.388 e. The molecule has 1 aromatic heterocycles. The molecule has 0 saturated heterocycles. The number of aromatic nitrogens is 2. The molecule has 6 nitrogen and oxygen atoms in total. The van der Waals surface area contributed by atoms with Crippen LogP contribution in [0.5, 0.6) is 0 Å². The van der Waals surface area contributed by atoms with Gasteiger partial charge < -0.3 is 15.2 Å². The van der Waals surface area contributed by atoms with Crippen LogP contribution in [0.1, 0.15) is 24.5 Å². The maximum absolute atomic E-state index is 11.9. The zero-order valence-electron chi connectivity index (χ0n) is 12.6. The van der Waals surface area contributed by atoms with E-state index in [0.29, 0.717) is 12.4 Å². The highest BCUT2D eigenvalue weighted by atomic mass is 16.5. The molecule has 118 valence electrons. The summed E-state index contributed by atoms with van der Waals surface area (Å²) in [5, 5.41) is 17.0. The SMILES string of the molecule is COCCCn1ccc(NC(=O)CC(O)c2ccccc2)n1. The van der Waals surface area contributed by atoms with E-state index in [1.54, 1.807) is 36.2 Å². The standard InChI is InChI=1S/C16H21N3O3/c1-22-11-5-9-19-10-8-15(18-19)17-16(21)12-14(20)13-6-3-2-4-7-13/h2-4,6-8,10,14,20H,5,9,11-12H2,1H3,(H,17,18,21). The normalized spacial score (nSPS) is 12.1. The van der Waals surface area contributed by atoms with Crippen LogP contribution in [0, 0.1) is 0 Å². The highest BCUT2D eigenvalue weighted by Crippen LogP contribution is 2.16. The quantitative estimate of drug-likeness (QED) is 0.731. The summed E-state index contributed by atoms with van der Waals surface area (Å²) in [6, 6.07) is 10.9. The molecule has 0 spiro atoms. The van der Waals surface area contributed by atoms with Crippen LogP contribution >= 0.6 is 0 Å². The number of rotatable bonds is 8. The summed E-state index contributed by atoms with van der Waals surface area (Å²) in [5.74, 6) is 0.223. The molecule has 0 saturated carbocycles. The van der Waals surface area contributed by atoms with Gasteiger partial charge in [-0.2, -0.15) is 5.10 Å². The number of aliphatic hydroxyl groups is 1. The van der Waals surface area contributed by atoms with Gasteiger partial charge in [0, 0.05) is 32.5 Å². The Balaban J connectivity index is 1.82. The van der Waals surface area contributed by atoms with E-state index in [-0.39, 0.29) is 12.3 Å². The summed E-state index contributed by atoms with van der Waals surface area (Å²) >= 11 is 0. The van der Waals surface area contributed by atoms with Gasteiger partial charge in [0.05, 0.1) is 12.5 Å². The fraction of sp³-hybridized carbons (Fsp3) is 0.375. The second-order valence-electron chi connectivity index (χ2n) is 4.99. The lowest BCUT2D eigenvalue weighted by Gasteiger charge is -2.10. The molecular weight excluding hydrogens is 282 g/mol. The molecule has 0 fully saturated rings. The van der Waals surface area contributed by atoms with Crippen molar-refractivity contribution in [1.29, 1.82) is 0 Å². The van der Waals surface area contributed by atoms with Crippen molar-refractivity contribution in [3.05, 3.63) is 48.2 Å². The molecule has 2 N–H and O–H groups in total. The lowest BCUT2D eigenvalue weighted by Crippen LogP contribution is -2.16. The van der Waals surface area contributed by atoms with E-state index in [9.17, 15) is 9.90 Å². The van der Waals surface area contributed by atoms with Crippen molar-refractivity contribution in [3.8, 4) is 0 Å². The van der Waals surface area contributed by atoms with Crippen molar-refractivity contribution < 1.29 is 14.6 Å². The van der Waals surface area contributed by atoms with E-state index in [0.717, 1.165) is 18.5 Å². The third kappa shape index (κ3) is 4.98. The van der Waals surface area contributed by atoms with Crippen LogP contribution in [0.2, 0.25) is 0 Å². The number of aliphatic hydroxyl groups excluding tert-OH is 1. The first-order chi connectivity index (χ1) is 10.7. The molecule has 1 amide bonds. The van der Waals surface area contributed by atoms with Crippen molar-refractivity contribution in [1.82, 2.24) is 9.78 Å². The highest BCUT2D eigenvalue weighted by Gasteiger charge is 2.13. The number of amides is 1. The number of aryl methyl sites for hydroxylation is 1. The van der Waals surface area contributed by atoms with Gasteiger partial charge in [0.15, 0.2) is 5.82 Å². The van der Waals surface area contributed by atoms with E-state index in [2.05, 4.69) is 10.4 Å². The molecule has 0 bridgehead atoms. The van der Waals surface area contributed by atoms with Gasteiger partial charge in [-0.1, -0.05) is 30.3 Å². The predicted octanol–water partition coefficient (Wildman–Crippen LogP) is 1.98. The molecule has 1 unspecified atom stereocenters. The number of anilines is 1. The van der Waals surface area contributed by atoms with Crippen molar-refractivity contribution in [2.45, 2.75) is 25.5 Å². The number of methoxy groups -OCH3 is 1. The molecule has 0 aliphatic heterocycles. The van der Waals surface area contributed by atoms with E-state index in [1.807, 2.05) is 18.2 Å². The summed E-state index contributed by atoms with van der Waals surface area (Å²) in [5.41, 5.74) is 0.725. The highest BCUT2D eigenvalue weighted by molar-refractivity contribution is 5.90. The molecule has 2 rings (SSSR count). The van der Waals surface area contributed by atoms with Gasteiger partial charge in [-0.15, -0.1) is 0 Å². The average Bonchev–Trinajstić information content (AvgIpc) is 2.95.